The van der Waals surface area contributed by atoms with E-state index in [0.717, 1.165) is 0 Å². The SMILES string of the molecule is CC(C)CNC(=O)CN(C)C(=O)N1CC(CC(=O)O)C1. The van der Waals surface area contributed by atoms with Crippen LogP contribution in [0.25, 0.3) is 0 Å². The van der Waals surface area contributed by atoms with Gasteiger partial charge in [0.25, 0.3) is 0 Å². The summed E-state index contributed by atoms with van der Waals surface area (Å²) in [5.74, 6) is -0.632. The number of carboxylic acids is 1. The van der Waals surface area contributed by atoms with Crippen LogP contribution in [0.1, 0.15) is 20.3 Å². The molecule has 0 aromatic rings. The van der Waals surface area contributed by atoms with E-state index in [-0.39, 0.29) is 30.8 Å². The fourth-order valence-electron chi connectivity index (χ4n) is 2.00. The molecule has 7 nitrogen and oxygen atoms in total. The highest BCUT2D eigenvalue weighted by atomic mass is 16.4. The van der Waals surface area contributed by atoms with Crippen LogP contribution < -0.4 is 5.32 Å². The highest BCUT2D eigenvalue weighted by Crippen LogP contribution is 2.20. The molecule has 7 heteroatoms. The van der Waals surface area contributed by atoms with Gasteiger partial charge in [-0.1, -0.05) is 13.8 Å². The van der Waals surface area contributed by atoms with Crippen molar-refractivity contribution in [2.75, 3.05) is 33.2 Å². The molecule has 0 aliphatic carbocycles. The molecule has 0 saturated carbocycles. The molecule has 1 aliphatic heterocycles. The standard InChI is InChI=1S/C13H23N3O4/c1-9(2)5-14-11(17)8-15(3)13(20)16-6-10(7-16)4-12(18)19/h9-10H,4-8H2,1-3H3,(H,14,17)(H,18,19). The van der Waals surface area contributed by atoms with Gasteiger partial charge in [0.15, 0.2) is 0 Å². The molecule has 114 valence electrons. The highest BCUT2D eigenvalue weighted by Gasteiger charge is 2.33. The lowest BCUT2D eigenvalue weighted by Gasteiger charge is -2.40. The van der Waals surface area contributed by atoms with E-state index in [1.165, 1.54) is 4.90 Å². The summed E-state index contributed by atoms with van der Waals surface area (Å²) in [4.78, 5) is 37.0. The van der Waals surface area contributed by atoms with Gasteiger partial charge in [0.1, 0.15) is 6.54 Å². The number of aliphatic carboxylic acids is 1. The zero-order valence-electron chi connectivity index (χ0n) is 12.3. The Hall–Kier alpha value is -1.79. The Bertz CT molecular complexity index is 378. The van der Waals surface area contributed by atoms with Gasteiger partial charge in [-0.05, 0) is 5.92 Å². The van der Waals surface area contributed by atoms with Crippen molar-refractivity contribution >= 4 is 17.9 Å². The molecule has 0 aromatic heterocycles. The van der Waals surface area contributed by atoms with Gasteiger partial charge in [-0.15, -0.1) is 0 Å². The summed E-state index contributed by atoms with van der Waals surface area (Å²) < 4.78 is 0. The summed E-state index contributed by atoms with van der Waals surface area (Å²) in [5, 5.41) is 11.4. The number of carbonyl (C=O) groups excluding carboxylic acids is 2. The molecule has 2 N–H and O–H groups in total. The summed E-state index contributed by atoms with van der Waals surface area (Å²) in [5.41, 5.74) is 0. The van der Waals surface area contributed by atoms with Crippen LogP contribution >= 0.6 is 0 Å². The summed E-state index contributed by atoms with van der Waals surface area (Å²) in [6, 6.07) is -0.230. The van der Waals surface area contributed by atoms with Crippen LogP contribution in [0.2, 0.25) is 0 Å². The number of hydrogen-bond acceptors (Lipinski definition) is 3. The van der Waals surface area contributed by atoms with Crippen LogP contribution in [-0.4, -0.2) is 66.0 Å². The van der Waals surface area contributed by atoms with Gasteiger partial charge in [0.05, 0.1) is 6.42 Å². The second-order valence-electron chi connectivity index (χ2n) is 5.71. The third-order valence-corrected chi connectivity index (χ3v) is 3.11. The molecule has 0 spiro atoms. The molecule has 0 radical (unpaired) electrons. The quantitative estimate of drug-likeness (QED) is 0.730. The lowest BCUT2D eigenvalue weighted by Crippen LogP contribution is -2.55. The third kappa shape index (κ3) is 5.07. The Labute approximate surface area is 118 Å². The number of carboxylic acid groups (broad SMARTS) is 1. The van der Waals surface area contributed by atoms with Gasteiger partial charge < -0.3 is 20.2 Å². The molecule has 0 bridgehead atoms. The summed E-state index contributed by atoms with van der Waals surface area (Å²) >= 11 is 0. The molecule has 1 heterocycles. The maximum Gasteiger partial charge on any atom is 0.320 e. The van der Waals surface area contributed by atoms with E-state index >= 15 is 0 Å². The number of amides is 3. The molecule has 1 aliphatic rings. The van der Waals surface area contributed by atoms with Crippen molar-refractivity contribution in [1.29, 1.82) is 0 Å². The van der Waals surface area contributed by atoms with Gasteiger partial charge in [-0.3, -0.25) is 9.59 Å². The molecule has 1 saturated heterocycles. The highest BCUT2D eigenvalue weighted by molar-refractivity contribution is 5.84. The lowest BCUT2D eigenvalue weighted by molar-refractivity contribution is -0.139. The van der Waals surface area contributed by atoms with E-state index in [0.29, 0.717) is 25.6 Å². The average Bonchev–Trinajstić information content (AvgIpc) is 2.29. The summed E-state index contributed by atoms with van der Waals surface area (Å²) in [7, 11) is 1.57. The van der Waals surface area contributed by atoms with E-state index in [1.54, 1.807) is 11.9 Å². The van der Waals surface area contributed by atoms with E-state index < -0.39 is 5.97 Å². The van der Waals surface area contributed by atoms with Crippen LogP contribution in [0.15, 0.2) is 0 Å². The number of rotatable bonds is 6. The van der Waals surface area contributed by atoms with Gasteiger partial charge >= 0.3 is 12.0 Å². The van der Waals surface area contributed by atoms with Crippen molar-refractivity contribution in [2.45, 2.75) is 20.3 Å². The largest absolute Gasteiger partial charge is 0.481 e. The second-order valence-corrected chi connectivity index (χ2v) is 5.71. The zero-order valence-corrected chi connectivity index (χ0v) is 12.3. The van der Waals surface area contributed by atoms with Crippen molar-refractivity contribution in [3.8, 4) is 0 Å². The van der Waals surface area contributed by atoms with E-state index in [9.17, 15) is 14.4 Å². The molecule has 0 aromatic carbocycles. The third-order valence-electron chi connectivity index (χ3n) is 3.11. The number of nitrogens with zero attached hydrogens (tertiary/aromatic N) is 2. The Morgan fingerprint density at radius 3 is 2.45 bits per heavy atom. The first-order chi connectivity index (χ1) is 9.29. The Kier molecular flexibility index (Phi) is 5.79. The van der Waals surface area contributed by atoms with Gasteiger partial charge in [0.2, 0.25) is 5.91 Å². The molecule has 3 amide bonds. The number of nitrogens with one attached hydrogen (secondary N) is 1. The van der Waals surface area contributed by atoms with Gasteiger partial charge in [-0.2, -0.15) is 0 Å². The topological polar surface area (TPSA) is 90.0 Å². The normalized spacial score (nSPS) is 14.9. The van der Waals surface area contributed by atoms with Crippen molar-refractivity contribution in [2.24, 2.45) is 11.8 Å². The average molecular weight is 285 g/mol. The van der Waals surface area contributed by atoms with E-state index in [1.807, 2.05) is 13.8 Å². The predicted molar refractivity (Wildman–Crippen MR) is 73.2 cm³/mol. The van der Waals surface area contributed by atoms with Crippen LogP contribution in [0.5, 0.6) is 0 Å². The second kappa shape index (κ2) is 7.12. The molecule has 1 rings (SSSR count). The number of likely N-dealkylation sites (N-methyl/N-ethyl adjacent to an activating group) is 1. The first-order valence-corrected chi connectivity index (χ1v) is 6.78. The fraction of sp³-hybridized carbons (Fsp3) is 0.769. The van der Waals surface area contributed by atoms with E-state index in [2.05, 4.69) is 5.32 Å². The Morgan fingerprint density at radius 1 is 1.35 bits per heavy atom. The lowest BCUT2D eigenvalue weighted by atomic mass is 9.97. The number of hydrogen-bond donors (Lipinski definition) is 2. The predicted octanol–water partition coefficient (Wildman–Crippen LogP) is 0.217. The molecule has 0 atom stereocenters. The minimum Gasteiger partial charge on any atom is -0.481 e. The van der Waals surface area contributed by atoms with Crippen molar-refractivity contribution < 1.29 is 19.5 Å². The van der Waals surface area contributed by atoms with Crippen LogP contribution in [0.4, 0.5) is 4.79 Å². The molecule has 0 unspecified atom stereocenters. The zero-order chi connectivity index (χ0) is 15.3. The van der Waals surface area contributed by atoms with Crippen molar-refractivity contribution in [3.63, 3.8) is 0 Å². The first kappa shape index (κ1) is 16.3. The number of urea groups is 1. The minimum atomic E-state index is -0.844. The maximum absolute atomic E-state index is 12.0. The van der Waals surface area contributed by atoms with E-state index in [4.69, 9.17) is 5.11 Å². The summed E-state index contributed by atoms with van der Waals surface area (Å²) in [6.07, 6.45) is 0.0857. The van der Waals surface area contributed by atoms with Crippen LogP contribution in [0, 0.1) is 11.8 Å². The van der Waals surface area contributed by atoms with Crippen molar-refractivity contribution in [1.82, 2.24) is 15.1 Å². The van der Waals surface area contributed by atoms with Crippen molar-refractivity contribution in [3.05, 3.63) is 0 Å². The number of likely N-dealkylation sites (tertiary alicyclic amines) is 1. The molecular formula is C13H23N3O4. The monoisotopic (exact) mass is 285 g/mol. The van der Waals surface area contributed by atoms with Crippen LogP contribution in [0.3, 0.4) is 0 Å². The Morgan fingerprint density at radius 2 is 1.95 bits per heavy atom. The van der Waals surface area contributed by atoms with Gasteiger partial charge in [-0.25, -0.2) is 4.79 Å². The fourth-order valence-corrected chi connectivity index (χ4v) is 2.00. The first-order valence-electron chi connectivity index (χ1n) is 6.78. The maximum atomic E-state index is 12.0. The minimum absolute atomic E-state index is 0.0195. The summed E-state index contributed by atoms with van der Waals surface area (Å²) in [6.45, 7) is 5.50. The van der Waals surface area contributed by atoms with Gasteiger partial charge in [0, 0.05) is 32.6 Å². The molecule has 1 fully saturated rings. The smallest absolute Gasteiger partial charge is 0.320 e. The molecule has 20 heavy (non-hydrogen) atoms. The Balaban J connectivity index is 2.27. The van der Waals surface area contributed by atoms with Crippen LogP contribution in [-0.2, 0) is 9.59 Å². The molecular weight excluding hydrogens is 262 g/mol. The number of carbonyl (C=O) groups is 3.